The number of hydrogen-bond acceptors (Lipinski definition) is 10. The fourth-order valence-electron chi connectivity index (χ4n) is 5.50. The Balaban J connectivity index is 1.48. The van der Waals surface area contributed by atoms with E-state index in [1.54, 1.807) is 38.4 Å². The largest absolute Gasteiger partial charge is 0.494 e. The molecule has 13 heteroatoms. The van der Waals surface area contributed by atoms with Crippen molar-refractivity contribution < 1.29 is 19.1 Å². The maximum absolute atomic E-state index is 12.6. The number of rotatable bonds is 10. The molecule has 0 radical (unpaired) electrons. The van der Waals surface area contributed by atoms with Crippen LogP contribution < -0.4 is 30.9 Å². The molecule has 2 aromatic carbocycles. The molecular weight excluding hydrogens is 584 g/mol. The van der Waals surface area contributed by atoms with Crippen LogP contribution in [0.4, 0.5) is 34.5 Å². The summed E-state index contributed by atoms with van der Waals surface area (Å²) < 4.78 is 11.4. The number of piperidine rings is 1. The van der Waals surface area contributed by atoms with Crippen LogP contribution in [-0.4, -0.2) is 79.9 Å². The molecule has 1 aromatic heterocycles. The van der Waals surface area contributed by atoms with E-state index >= 15 is 0 Å². The molecule has 0 bridgehead atoms. The van der Waals surface area contributed by atoms with Crippen molar-refractivity contribution in [1.82, 2.24) is 20.2 Å². The highest BCUT2D eigenvalue weighted by molar-refractivity contribution is 6.33. The van der Waals surface area contributed by atoms with Gasteiger partial charge in [0.2, 0.25) is 11.9 Å². The molecule has 0 saturated carbocycles. The van der Waals surface area contributed by atoms with Crippen molar-refractivity contribution in [3.8, 4) is 5.75 Å². The van der Waals surface area contributed by atoms with Crippen LogP contribution in [-0.2, 0) is 9.53 Å². The standard InChI is InChI=1S/C31H37ClN8O4/c1-4-27(41)35-23-17-24(26(43-3)18-25(23)40-12-8-7-11-28(40)39-13-15-44-16-14-39)37-31-34-19-21(32)29(38-31)36-22-10-6-5-9-20(22)30(42)33-2/h4-6,9-10,17-19,28H,1,7-8,11-16H2,2-3H3,(H,33,42)(H,35,41)(H2,34,36,37,38). The Morgan fingerprint density at radius 1 is 1.09 bits per heavy atom. The zero-order chi connectivity index (χ0) is 31.1. The Morgan fingerprint density at radius 2 is 1.89 bits per heavy atom. The summed E-state index contributed by atoms with van der Waals surface area (Å²) in [6.07, 6.45) is 6.05. The number of methoxy groups -OCH3 is 1. The molecular formula is C31H37ClN8O4. The number of para-hydroxylation sites is 1. The molecule has 1 unspecified atom stereocenters. The number of amides is 2. The summed E-state index contributed by atoms with van der Waals surface area (Å²) >= 11 is 6.44. The third-order valence-corrected chi connectivity index (χ3v) is 7.93. The fourth-order valence-corrected chi connectivity index (χ4v) is 5.63. The number of morpholine rings is 1. The number of anilines is 6. The van der Waals surface area contributed by atoms with Crippen LogP contribution in [0.1, 0.15) is 29.6 Å². The average Bonchev–Trinajstić information content (AvgIpc) is 3.06. The van der Waals surface area contributed by atoms with Gasteiger partial charge in [-0.2, -0.15) is 4.98 Å². The average molecular weight is 621 g/mol. The first kappa shape index (κ1) is 31.0. The first-order valence-corrected chi connectivity index (χ1v) is 14.9. The maximum atomic E-state index is 12.6. The summed E-state index contributed by atoms with van der Waals surface area (Å²) in [5, 5.41) is 12.2. The van der Waals surface area contributed by atoms with Crippen LogP contribution in [0.3, 0.4) is 0 Å². The molecule has 0 aliphatic carbocycles. The molecule has 2 amide bonds. The van der Waals surface area contributed by atoms with Crippen LogP contribution in [0.15, 0.2) is 55.3 Å². The predicted octanol–water partition coefficient (Wildman–Crippen LogP) is 4.76. The van der Waals surface area contributed by atoms with Crippen molar-refractivity contribution >= 4 is 57.9 Å². The summed E-state index contributed by atoms with van der Waals surface area (Å²) in [6.45, 7) is 7.57. The van der Waals surface area contributed by atoms with Crippen molar-refractivity contribution in [2.24, 2.45) is 0 Å². The quantitative estimate of drug-likeness (QED) is 0.235. The van der Waals surface area contributed by atoms with Crippen LogP contribution in [0.25, 0.3) is 0 Å². The third kappa shape index (κ3) is 7.04. The van der Waals surface area contributed by atoms with Gasteiger partial charge in [0.1, 0.15) is 10.8 Å². The van der Waals surface area contributed by atoms with Crippen LogP contribution >= 0.6 is 11.6 Å². The van der Waals surface area contributed by atoms with E-state index in [1.165, 1.54) is 12.3 Å². The van der Waals surface area contributed by atoms with Gasteiger partial charge in [-0.25, -0.2) is 4.98 Å². The van der Waals surface area contributed by atoms with Crippen LogP contribution in [0.2, 0.25) is 5.02 Å². The van der Waals surface area contributed by atoms with Gasteiger partial charge in [0.25, 0.3) is 5.91 Å². The Labute approximate surface area is 261 Å². The SMILES string of the molecule is C=CC(=O)Nc1cc(Nc2ncc(Cl)c(Nc3ccccc3C(=O)NC)n2)c(OC)cc1N1CCCCC1N1CCOCC1. The smallest absolute Gasteiger partial charge is 0.253 e. The minimum absolute atomic E-state index is 0.168. The predicted molar refractivity (Wildman–Crippen MR) is 173 cm³/mol. The molecule has 1 atom stereocenters. The number of aromatic nitrogens is 2. The molecule has 4 N–H and O–H groups in total. The van der Waals surface area contributed by atoms with Crippen LogP contribution in [0, 0.1) is 0 Å². The molecule has 12 nitrogen and oxygen atoms in total. The first-order chi connectivity index (χ1) is 21.4. The molecule has 2 saturated heterocycles. The van der Waals surface area contributed by atoms with Crippen molar-refractivity contribution in [1.29, 1.82) is 0 Å². The maximum Gasteiger partial charge on any atom is 0.253 e. The van der Waals surface area contributed by atoms with Gasteiger partial charge in [-0.1, -0.05) is 30.3 Å². The number of benzene rings is 2. The van der Waals surface area contributed by atoms with Crippen LogP contribution in [0.5, 0.6) is 5.75 Å². The molecule has 2 aliphatic rings. The number of carbonyl (C=O) groups is 2. The molecule has 2 aliphatic heterocycles. The molecule has 0 spiro atoms. The number of nitrogens with one attached hydrogen (secondary N) is 4. The van der Waals surface area contributed by atoms with E-state index in [9.17, 15) is 9.59 Å². The number of hydrogen-bond donors (Lipinski definition) is 4. The van der Waals surface area contributed by atoms with Gasteiger partial charge in [-0.05, 0) is 43.5 Å². The monoisotopic (exact) mass is 620 g/mol. The number of carbonyl (C=O) groups excluding carboxylic acids is 2. The van der Waals surface area contributed by atoms with Crippen molar-refractivity contribution in [3.63, 3.8) is 0 Å². The summed E-state index contributed by atoms with van der Waals surface area (Å²) in [7, 11) is 3.16. The van der Waals surface area contributed by atoms with Gasteiger partial charge >= 0.3 is 0 Å². The highest BCUT2D eigenvalue weighted by Crippen LogP contribution is 2.41. The zero-order valence-electron chi connectivity index (χ0n) is 24.9. The molecule has 5 rings (SSSR count). The van der Waals surface area contributed by atoms with Crippen molar-refractivity contribution in [2.75, 3.05) is 67.9 Å². The molecule has 44 heavy (non-hydrogen) atoms. The second kappa shape index (κ2) is 14.4. The molecule has 232 valence electrons. The Morgan fingerprint density at radius 3 is 2.64 bits per heavy atom. The minimum Gasteiger partial charge on any atom is -0.494 e. The van der Waals surface area contributed by atoms with Gasteiger partial charge in [0.15, 0.2) is 5.82 Å². The lowest BCUT2D eigenvalue weighted by Gasteiger charge is -2.45. The van der Waals surface area contributed by atoms with Crippen molar-refractivity contribution in [2.45, 2.75) is 25.4 Å². The zero-order valence-corrected chi connectivity index (χ0v) is 25.6. The summed E-state index contributed by atoms with van der Waals surface area (Å²) in [6, 6.07) is 10.8. The third-order valence-electron chi connectivity index (χ3n) is 7.65. The van der Waals surface area contributed by atoms with Crippen molar-refractivity contribution in [3.05, 3.63) is 65.8 Å². The van der Waals surface area contributed by atoms with E-state index in [2.05, 4.69) is 47.6 Å². The first-order valence-electron chi connectivity index (χ1n) is 14.5. The van der Waals surface area contributed by atoms with Gasteiger partial charge in [0, 0.05) is 32.7 Å². The lowest BCUT2D eigenvalue weighted by atomic mass is 10.0. The van der Waals surface area contributed by atoms with E-state index in [0.717, 1.165) is 44.6 Å². The van der Waals surface area contributed by atoms with E-state index in [0.29, 0.717) is 47.4 Å². The lowest BCUT2D eigenvalue weighted by Crippen LogP contribution is -2.54. The lowest BCUT2D eigenvalue weighted by molar-refractivity contribution is -0.111. The number of nitrogens with zero attached hydrogens (tertiary/aromatic N) is 4. The molecule has 3 aromatic rings. The number of halogens is 1. The summed E-state index contributed by atoms with van der Waals surface area (Å²) in [4.78, 5) is 38.7. The number of ether oxygens (including phenoxy) is 2. The summed E-state index contributed by atoms with van der Waals surface area (Å²) in [5.74, 6) is 0.496. The highest BCUT2D eigenvalue weighted by Gasteiger charge is 2.31. The topological polar surface area (TPSA) is 133 Å². The Kier molecular flexibility index (Phi) is 10.2. The van der Waals surface area contributed by atoms with Gasteiger partial charge in [-0.15, -0.1) is 0 Å². The fraction of sp³-hybridized carbons (Fsp3) is 0.355. The van der Waals surface area contributed by atoms with Gasteiger partial charge in [0.05, 0.1) is 61.0 Å². The Bertz CT molecular complexity index is 1510. The second-order valence-corrected chi connectivity index (χ2v) is 10.8. The van der Waals surface area contributed by atoms with E-state index in [4.69, 9.17) is 21.1 Å². The normalized spacial score (nSPS) is 17.0. The Hall–Kier alpha value is -4.39. The van der Waals surface area contributed by atoms with E-state index < -0.39 is 0 Å². The highest BCUT2D eigenvalue weighted by atomic mass is 35.5. The molecule has 3 heterocycles. The summed E-state index contributed by atoms with van der Waals surface area (Å²) in [5.41, 5.74) is 2.96. The van der Waals surface area contributed by atoms with Gasteiger partial charge in [-0.3, -0.25) is 14.5 Å². The minimum atomic E-state index is -0.327. The second-order valence-electron chi connectivity index (χ2n) is 10.3. The van der Waals surface area contributed by atoms with E-state index in [-0.39, 0.29) is 29.0 Å². The van der Waals surface area contributed by atoms with E-state index in [1.807, 2.05) is 12.1 Å². The van der Waals surface area contributed by atoms with Gasteiger partial charge < -0.3 is 35.6 Å². The molecule has 2 fully saturated rings.